The van der Waals surface area contributed by atoms with Crippen molar-refractivity contribution in [3.05, 3.63) is 16.6 Å². The zero-order valence-electron chi connectivity index (χ0n) is 11.9. The first-order valence-electron chi connectivity index (χ1n) is 6.23. The third-order valence-corrected chi connectivity index (χ3v) is 4.64. The van der Waals surface area contributed by atoms with E-state index in [1.54, 1.807) is 13.8 Å². The Hall–Kier alpha value is -1.74. The Balaban J connectivity index is 2.18. The standard InChI is InChI=1S/C12H16N4O3S2/c1-4-18-12(17)10-8(13)9(20-3)11(21-10)14-5-7-15-6(2)16-19-7/h14H,4-5,13H2,1-3H3. The fourth-order valence-corrected chi connectivity index (χ4v) is 3.59. The highest BCUT2D eigenvalue weighted by Gasteiger charge is 2.21. The summed E-state index contributed by atoms with van der Waals surface area (Å²) in [6.45, 7) is 4.20. The lowest BCUT2D eigenvalue weighted by Crippen LogP contribution is -2.04. The number of hydrogen-bond donors (Lipinski definition) is 2. The molecule has 0 amide bonds. The fourth-order valence-electron chi connectivity index (χ4n) is 1.66. The minimum absolute atomic E-state index is 0.314. The molecule has 114 valence electrons. The van der Waals surface area contributed by atoms with Gasteiger partial charge >= 0.3 is 5.97 Å². The lowest BCUT2D eigenvalue weighted by atomic mass is 10.4. The highest BCUT2D eigenvalue weighted by molar-refractivity contribution is 7.99. The second kappa shape index (κ2) is 6.81. The van der Waals surface area contributed by atoms with Crippen molar-refractivity contribution >= 4 is 39.8 Å². The van der Waals surface area contributed by atoms with Gasteiger partial charge in [0.2, 0.25) is 5.89 Å². The molecular weight excluding hydrogens is 312 g/mol. The molecule has 0 fully saturated rings. The number of carbonyl (C=O) groups excluding carboxylic acids is 1. The monoisotopic (exact) mass is 328 g/mol. The third-order valence-electron chi connectivity index (χ3n) is 2.53. The summed E-state index contributed by atoms with van der Waals surface area (Å²) in [4.78, 5) is 17.2. The molecule has 0 bridgehead atoms. The Morgan fingerprint density at radius 3 is 2.90 bits per heavy atom. The number of thioether (sulfide) groups is 1. The topological polar surface area (TPSA) is 103 Å². The van der Waals surface area contributed by atoms with Crippen LogP contribution in [0, 0.1) is 6.92 Å². The van der Waals surface area contributed by atoms with Crippen molar-refractivity contribution in [3.8, 4) is 0 Å². The van der Waals surface area contributed by atoms with Crippen LogP contribution in [-0.4, -0.2) is 29.0 Å². The summed E-state index contributed by atoms with van der Waals surface area (Å²) >= 11 is 2.73. The Labute approximate surface area is 130 Å². The minimum atomic E-state index is -0.406. The van der Waals surface area contributed by atoms with Gasteiger partial charge in [0.1, 0.15) is 9.88 Å². The average Bonchev–Trinajstić information content (AvgIpc) is 3.00. The number of nitrogens with zero attached hydrogens (tertiary/aromatic N) is 2. The summed E-state index contributed by atoms with van der Waals surface area (Å²) < 4.78 is 10.0. The van der Waals surface area contributed by atoms with E-state index < -0.39 is 5.97 Å². The van der Waals surface area contributed by atoms with E-state index in [4.69, 9.17) is 15.0 Å². The van der Waals surface area contributed by atoms with Gasteiger partial charge in [-0.05, 0) is 20.1 Å². The summed E-state index contributed by atoms with van der Waals surface area (Å²) in [5.74, 6) is 0.649. The lowest BCUT2D eigenvalue weighted by molar-refractivity contribution is 0.0533. The number of aryl methyl sites for hydroxylation is 1. The van der Waals surface area contributed by atoms with Gasteiger partial charge in [0.15, 0.2) is 5.82 Å². The van der Waals surface area contributed by atoms with E-state index >= 15 is 0 Å². The number of hydrogen-bond acceptors (Lipinski definition) is 9. The van der Waals surface area contributed by atoms with Gasteiger partial charge in [-0.2, -0.15) is 4.98 Å². The molecule has 2 aromatic rings. The first kappa shape index (κ1) is 15.6. The van der Waals surface area contributed by atoms with Crippen molar-refractivity contribution < 1.29 is 14.1 Å². The zero-order chi connectivity index (χ0) is 15.4. The van der Waals surface area contributed by atoms with E-state index in [0.29, 0.717) is 35.4 Å². The van der Waals surface area contributed by atoms with E-state index in [1.165, 1.54) is 23.1 Å². The molecule has 0 radical (unpaired) electrons. The van der Waals surface area contributed by atoms with Gasteiger partial charge in [-0.1, -0.05) is 5.16 Å². The number of anilines is 2. The van der Waals surface area contributed by atoms with Crippen molar-refractivity contribution in [3.63, 3.8) is 0 Å². The summed E-state index contributed by atoms with van der Waals surface area (Å²) in [6, 6.07) is 0. The van der Waals surface area contributed by atoms with Crippen LogP contribution in [0.5, 0.6) is 0 Å². The SMILES string of the molecule is CCOC(=O)c1sc(NCc2nc(C)no2)c(SC)c1N. The van der Waals surface area contributed by atoms with Crippen LogP contribution in [-0.2, 0) is 11.3 Å². The van der Waals surface area contributed by atoms with Crippen molar-refractivity contribution in [2.75, 3.05) is 23.9 Å². The van der Waals surface area contributed by atoms with E-state index in [-0.39, 0.29) is 0 Å². The molecule has 3 N–H and O–H groups in total. The minimum Gasteiger partial charge on any atom is -0.462 e. The number of nitrogens with two attached hydrogens (primary N) is 1. The zero-order valence-corrected chi connectivity index (χ0v) is 13.6. The summed E-state index contributed by atoms with van der Waals surface area (Å²) in [5, 5.41) is 7.68. The molecule has 21 heavy (non-hydrogen) atoms. The van der Waals surface area contributed by atoms with Gasteiger partial charge in [-0.3, -0.25) is 0 Å². The number of nitrogens with one attached hydrogen (secondary N) is 1. The van der Waals surface area contributed by atoms with Crippen molar-refractivity contribution in [2.45, 2.75) is 25.3 Å². The summed E-state index contributed by atoms with van der Waals surface area (Å²) in [5.41, 5.74) is 6.46. The normalized spacial score (nSPS) is 10.6. The average molecular weight is 328 g/mol. The molecule has 2 rings (SSSR count). The van der Waals surface area contributed by atoms with Gasteiger partial charge in [0, 0.05) is 0 Å². The first-order chi connectivity index (χ1) is 10.1. The second-order valence-corrected chi connectivity index (χ2v) is 5.85. The molecular formula is C12H16N4O3S2. The maximum Gasteiger partial charge on any atom is 0.350 e. The van der Waals surface area contributed by atoms with Crippen LogP contribution in [0.3, 0.4) is 0 Å². The van der Waals surface area contributed by atoms with Gasteiger partial charge in [-0.25, -0.2) is 4.79 Å². The molecule has 0 atom stereocenters. The second-order valence-electron chi connectivity index (χ2n) is 4.02. The quantitative estimate of drug-likeness (QED) is 0.616. The maximum absolute atomic E-state index is 11.9. The number of rotatable bonds is 6. The molecule has 0 aliphatic heterocycles. The van der Waals surface area contributed by atoms with Crippen LogP contribution in [0.25, 0.3) is 0 Å². The number of ether oxygens (including phenoxy) is 1. The third kappa shape index (κ3) is 3.48. The fraction of sp³-hybridized carbons (Fsp3) is 0.417. The van der Waals surface area contributed by atoms with Gasteiger partial charge in [-0.15, -0.1) is 23.1 Å². The molecule has 2 aromatic heterocycles. The van der Waals surface area contributed by atoms with Crippen LogP contribution in [0.15, 0.2) is 9.42 Å². The largest absolute Gasteiger partial charge is 0.462 e. The molecule has 0 saturated heterocycles. The predicted octanol–water partition coefficient (Wildman–Crippen LogP) is 2.53. The van der Waals surface area contributed by atoms with Gasteiger partial charge in [0.05, 0.1) is 23.7 Å². The van der Waals surface area contributed by atoms with Crippen molar-refractivity contribution in [1.82, 2.24) is 10.1 Å². The van der Waals surface area contributed by atoms with Crippen LogP contribution >= 0.6 is 23.1 Å². The highest BCUT2D eigenvalue weighted by atomic mass is 32.2. The molecule has 0 aliphatic carbocycles. The maximum atomic E-state index is 11.9. The molecule has 0 spiro atoms. The van der Waals surface area contributed by atoms with Crippen LogP contribution in [0.4, 0.5) is 10.7 Å². The molecule has 0 aromatic carbocycles. The van der Waals surface area contributed by atoms with E-state index in [9.17, 15) is 4.79 Å². The van der Waals surface area contributed by atoms with Gasteiger partial charge < -0.3 is 20.3 Å². The molecule has 0 saturated carbocycles. The lowest BCUT2D eigenvalue weighted by Gasteiger charge is -2.03. The van der Waals surface area contributed by atoms with E-state index in [0.717, 1.165) is 9.90 Å². The first-order valence-corrected chi connectivity index (χ1v) is 8.27. The van der Waals surface area contributed by atoms with Crippen molar-refractivity contribution in [2.24, 2.45) is 0 Å². The number of carbonyl (C=O) groups is 1. The summed E-state index contributed by atoms with van der Waals surface area (Å²) in [7, 11) is 0. The van der Waals surface area contributed by atoms with Crippen LogP contribution in [0.1, 0.15) is 28.3 Å². The smallest absolute Gasteiger partial charge is 0.350 e. The van der Waals surface area contributed by atoms with Crippen molar-refractivity contribution in [1.29, 1.82) is 0 Å². The molecule has 2 heterocycles. The highest BCUT2D eigenvalue weighted by Crippen LogP contribution is 2.42. The number of thiophene rings is 1. The molecule has 0 aliphatic rings. The summed E-state index contributed by atoms with van der Waals surface area (Å²) in [6.07, 6.45) is 1.90. The number of esters is 1. The van der Waals surface area contributed by atoms with Crippen LogP contribution < -0.4 is 11.1 Å². The predicted molar refractivity (Wildman–Crippen MR) is 82.8 cm³/mol. The Bertz CT molecular complexity index is 638. The van der Waals surface area contributed by atoms with E-state index in [1.807, 2.05) is 6.26 Å². The van der Waals surface area contributed by atoms with Gasteiger partial charge in [0.25, 0.3) is 0 Å². The van der Waals surface area contributed by atoms with E-state index in [2.05, 4.69) is 15.5 Å². The Morgan fingerprint density at radius 2 is 2.33 bits per heavy atom. The Morgan fingerprint density at radius 1 is 1.57 bits per heavy atom. The molecule has 7 nitrogen and oxygen atoms in total. The number of aromatic nitrogens is 2. The number of nitrogen functional groups attached to an aromatic ring is 1. The molecule has 9 heteroatoms. The molecule has 0 unspecified atom stereocenters. The van der Waals surface area contributed by atoms with Crippen LogP contribution in [0.2, 0.25) is 0 Å². The Kier molecular flexibility index (Phi) is 5.07.